The van der Waals surface area contributed by atoms with E-state index in [0.29, 0.717) is 0 Å². The van der Waals surface area contributed by atoms with E-state index in [9.17, 15) is 18.0 Å². The van der Waals surface area contributed by atoms with Gasteiger partial charge in [0, 0.05) is 6.54 Å². The summed E-state index contributed by atoms with van der Waals surface area (Å²) >= 11 is 0. The van der Waals surface area contributed by atoms with E-state index in [2.05, 4.69) is 5.32 Å². The van der Waals surface area contributed by atoms with Crippen LogP contribution in [-0.2, 0) is 0 Å². The number of halogens is 3. The molecule has 4 nitrogen and oxygen atoms in total. The summed E-state index contributed by atoms with van der Waals surface area (Å²) in [5.41, 5.74) is 5.07. The van der Waals surface area contributed by atoms with Crippen molar-refractivity contribution in [3.8, 4) is 0 Å². The third-order valence-electron chi connectivity index (χ3n) is 3.03. The lowest BCUT2D eigenvalue weighted by atomic mass is 9.82. The lowest BCUT2D eigenvalue weighted by Gasteiger charge is -2.37. The fourth-order valence-corrected chi connectivity index (χ4v) is 2.07. The van der Waals surface area contributed by atoms with Gasteiger partial charge in [-0.05, 0) is 12.8 Å². The molecular formula is C10H18F3N3O. The summed E-state index contributed by atoms with van der Waals surface area (Å²) in [6, 6.07) is -0.797. The van der Waals surface area contributed by atoms with Crippen molar-refractivity contribution in [2.75, 3.05) is 13.1 Å². The van der Waals surface area contributed by atoms with E-state index in [1.165, 1.54) is 0 Å². The van der Waals surface area contributed by atoms with Crippen LogP contribution in [0.2, 0.25) is 0 Å². The number of urea groups is 1. The van der Waals surface area contributed by atoms with Crippen LogP contribution in [0.4, 0.5) is 18.0 Å². The molecule has 0 radical (unpaired) electrons. The molecule has 1 rings (SSSR count). The Morgan fingerprint density at radius 3 is 2.29 bits per heavy atom. The maximum absolute atomic E-state index is 11.9. The first-order chi connectivity index (χ1) is 7.87. The third kappa shape index (κ3) is 4.80. The molecule has 1 aliphatic carbocycles. The molecule has 0 bridgehead atoms. The smallest absolute Gasteiger partial charge is 0.331 e. The predicted octanol–water partition coefficient (Wildman–Crippen LogP) is 1.51. The van der Waals surface area contributed by atoms with Crippen molar-refractivity contribution >= 4 is 6.03 Å². The molecule has 0 aliphatic heterocycles. The highest BCUT2D eigenvalue weighted by Gasteiger charge is 2.33. The van der Waals surface area contributed by atoms with Crippen LogP contribution in [0.3, 0.4) is 0 Å². The number of nitrogens with one attached hydrogen (secondary N) is 2. The highest BCUT2D eigenvalue weighted by molar-refractivity contribution is 5.74. The Morgan fingerprint density at radius 1 is 1.24 bits per heavy atom. The van der Waals surface area contributed by atoms with Crippen LogP contribution in [0.25, 0.3) is 0 Å². The molecule has 1 saturated carbocycles. The average Bonchev–Trinajstić information content (AvgIpc) is 2.27. The van der Waals surface area contributed by atoms with Crippen LogP contribution in [0, 0.1) is 0 Å². The third-order valence-corrected chi connectivity index (χ3v) is 3.03. The molecule has 0 atom stereocenters. The summed E-state index contributed by atoms with van der Waals surface area (Å²) in [4.78, 5) is 11.3. The number of hydrogen-bond donors (Lipinski definition) is 3. The second kappa shape index (κ2) is 5.57. The molecule has 100 valence electrons. The van der Waals surface area contributed by atoms with Gasteiger partial charge in [0.2, 0.25) is 0 Å². The fraction of sp³-hybridized carbons (Fsp3) is 0.900. The molecule has 0 unspecified atom stereocenters. The molecule has 2 amide bonds. The van der Waals surface area contributed by atoms with Gasteiger partial charge in [0.25, 0.3) is 0 Å². The highest BCUT2D eigenvalue weighted by Crippen LogP contribution is 2.27. The van der Waals surface area contributed by atoms with Crippen molar-refractivity contribution in [3.63, 3.8) is 0 Å². The maximum atomic E-state index is 11.9. The number of rotatable bonds is 3. The van der Waals surface area contributed by atoms with E-state index in [1.807, 2.05) is 0 Å². The minimum atomic E-state index is -4.39. The normalized spacial score (nSPS) is 19.8. The zero-order valence-electron chi connectivity index (χ0n) is 9.57. The summed E-state index contributed by atoms with van der Waals surface area (Å²) in [7, 11) is 0. The summed E-state index contributed by atoms with van der Waals surface area (Å²) in [6.45, 7) is -1.06. The SMILES string of the molecule is NCC1(NC(=O)NCC(F)(F)F)CCCCC1. The van der Waals surface area contributed by atoms with Gasteiger partial charge in [-0.2, -0.15) is 13.2 Å². The minimum Gasteiger partial charge on any atom is -0.331 e. The standard InChI is InChI=1S/C10H18F3N3O/c11-10(12,13)7-15-8(17)16-9(6-14)4-2-1-3-5-9/h1-7,14H2,(H2,15,16,17). The Hall–Kier alpha value is -0.980. The van der Waals surface area contributed by atoms with E-state index in [-0.39, 0.29) is 6.54 Å². The summed E-state index contributed by atoms with van der Waals surface area (Å²) < 4.78 is 35.7. The van der Waals surface area contributed by atoms with Crippen molar-refractivity contribution < 1.29 is 18.0 Å². The van der Waals surface area contributed by atoms with Gasteiger partial charge in [-0.15, -0.1) is 0 Å². The van der Waals surface area contributed by atoms with Crippen LogP contribution in [-0.4, -0.2) is 30.8 Å². The topological polar surface area (TPSA) is 67.1 Å². The predicted molar refractivity (Wildman–Crippen MR) is 57.5 cm³/mol. The van der Waals surface area contributed by atoms with Crippen LogP contribution < -0.4 is 16.4 Å². The summed E-state index contributed by atoms with van der Waals surface area (Å²) in [6.07, 6.45) is 0.0206. The summed E-state index contributed by atoms with van der Waals surface area (Å²) in [5, 5.41) is 4.38. The van der Waals surface area contributed by atoms with E-state index in [0.717, 1.165) is 32.1 Å². The average molecular weight is 253 g/mol. The number of alkyl halides is 3. The Kier molecular flexibility index (Phi) is 4.62. The molecule has 0 aromatic rings. The molecule has 0 heterocycles. The van der Waals surface area contributed by atoms with Crippen LogP contribution in [0.1, 0.15) is 32.1 Å². The number of nitrogens with two attached hydrogens (primary N) is 1. The zero-order valence-corrected chi connectivity index (χ0v) is 9.57. The first kappa shape index (κ1) is 14.1. The fourth-order valence-electron chi connectivity index (χ4n) is 2.07. The van der Waals surface area contributed by atoms with Gasteiger partial charge >= 0.3 is 12.2 Å². The molecule has 1 aliphatic rings. The number of hydrogen-bond acceptors (Lipinski definition) is 2. The molecule has 0 saturated heterocycles. The van der Waals surface area contributed by atoms with Crippen LogP contribution in [0.5, 0.6) is 0 Å². The Bertz CT molecular complexity index is 262. The molecule has 0 spiro atoms. The van der Waals surface area contributed by atoms with E-state index >= 15 is 0 Å². The zero-order chi connectivity index (χ0) is 12.9. The Balaban J connectivity index is 2.42. The number of amides is 2. The second-order valence-corrected chi connectivity index (χ2v) is 4.47. The van der Waals surface area contributed by atoms with Crippen LogP contribution >= 0.6 is 0 Å². The number of carbonyl (C=O) groups is 1. The minimum absolute atomic E-state index is 0.256. The van der Waals surface area contributed by atoms with Gasteiger partial charge in [0.1, 0.15) is 6.54 Å². The number of carbonyl (C=O) groups excluding carboxylic acids is 1. The van der Waals surface area contributed by atoms with Crippen molar-refractivity contribution in [1.29, 1.82) is 0 Å². The molecule has 1 fully saturated rings. The van der Waals surface area contributed by atoms with E-state index in [1.54, 1.807) is 5.32 Å². The van der Waals surface area contributed by atoms with Crippen LogP contribution in [0.15, 0.2) is 0 Å². The molecular weight excluding hydrogens is 235 g/mol. The maximum Gasteiger partial charge on any atom is 0.405 e. The van der Waals surface area contributed by atoms with E-state index in [4.69, 9.17) is 5.73 Å². The monoisotopic (exact) mass is 253 g/mol. The van der Waals surface area contributed by atoms with E-state index < -0.39 is 24.3 Å². The van der Waals surface area contributed by atoms with Gasteiger partial charge < -0.3 is 16.4 Å². The molecule has 17 heavy (non-hydrogen) atoms. The first-order valence-electron chi connectivity index (χ1n) is 5.70. The Morgan fingerprint density at radius 2 is 1.82 bits per heavy atom. The van der Waals surface area contributed by atoms with Gasteiger partial charge in [0.05, 0.1) is 5.54 Å². The molecule has 4 N–H and O–H groups in total. The molecule has 7 heteroatoms. The lowest BCUT2D eigenvalue weighted by Crippen LogP contribution is -2.58. The lowest BCUT2D eigenvalue weighted by molar-refractivity contribution is -0.122. The second-order valence-electron chi connectivity index (χ2n) is 4.47. The van der Waals surface area contributed by atoms with Crippen molar-refractivity contribution in [2.45, 2.75) is 43.8 Å². The largest absolute Gasteiger partial charge is 0.405 e. The quantitative estimate of drug-likeness (QED) is 0.713. The van der Waals surface area contributed by atoms with Crippen molar-refractivity contribution in [1.82, 2.24) is 10.6 Å². The van der Waals surface area contributed by atoms with Gasteiger partial charge in [0.15, 0.2) is 0 Å². The molecule has 0 aromatic carbocycles. The summed E-state index contributed by atoms with van der Waals surface area (Å²) in [5.74, 6) is 0. The molecule has 0 aromatic heterocycles. The van der Waals surface area contributed by atoms with Crippen molar-refractivity contribution in [2.24, 2.45) is 5.73 Å². The Labute approximate surface area is 98.1 Å². The van der Waals surface area contributed by atoms with Gasteiger partial charge in [-0.1, -0.05) is 19.3 Å². The van der Waals surface area contributed by atoms with Crippen molar-refractivity contribution in [3.05, 3.63) is 0 Å². The van der Waals surface area contributed by atoms with Gasteiger partial charge in [-0.3, -0.25) is 0 Å². The van der Waals surface area contributed by atoms with Gasteiger partial charge in [-0.25, -0.2) is 4.79 Å². The highest BCUT2D eigenvalue weighted by atomic mass is 19.4. The first-order valence-corrected chi connectivity index (χ1v) is 5.70.